The standard InChI is InChI=1S/BF.Be.K.3H/c1-2;;;;;/q;+2;+1;3*-1. The molecule has 0 saturated carbocycles. The van der Waals surface area contributed by atoms with Crippen LogP contribution in [0, 0.1) is 0 Å². The summed E-state index contributed by atoms with van der Waals surface area (Å²) in [5.41, 5.74) is 0. The normalized spacial score (nSPS) is 1.25. The molecular formula is H3BBeFK. The summed E-state index contributed by atoms with van der Waals surface area (Å²) in [7, 11) is 3.00. The van der Waals surface area contributed by atoms with E-state index in [0.29, 0.717) is 0 Å². The third kappa shape index (κ3) is 9.19. The van der Waals surface area contributed by atoms with Crippen molar-refractivity contribution in [2.75, 3.05) is 0 Å². The molecule has 0 aliphatic heterocycles. The van der Waals surface area contributed by atoms with Gasteiger partial charge in [-0.3, -0.25) is 0 Å². The van der Waals surface area contributed by atoms with Gasteiger partial charge < -0.3 is 8.60 Å². The van der Waals surface area contributed by atoms with Gasteiger partial charge in [-0.05, 0) is 0 Å². The van der Waals surface area contributed by atoms with E-state index in [9.17, 15) is 0 Å². The van der Waals surface area contributed by atoms with Crippen molar-refractivity contribution in [3.8, 4) is 0 Å². The van der Waals surface area contributed by atoms with Crippen LogP contribution in [0.5, 0.6) is 0 Å². The molecule has 2 radical (unpaired) electrons. The van der Waals surface area contributed by atoms with Gasteiger partial charge >= 0.3 is 69.6 Å². The number of hydrogen-bond donors (Lipinski definition) is 0. The van der Waals surface area contributed by atoms with Crippen molar-refractivity contribution in [3.63, 3.8) is 0 Å². The van der Waals surface area contributed by atoms with Gasteiger partial charge in [-0.15, -0.1) is 0 Å². The van der Waals surface area contributed by atoms with Gasteiger partial charge in [-0.25, -0.2) is 0 Å². The smallest absolute Gasteiger partial charge is 1.00 e. The Bertz CT molecular complexity index is 14.9. The first kappa shape index (κ1) is 17.0. The Morgan fingerprint density at radius 2 is 1.50 bits per heavy atom. The van der Waals surface area contributed by atoms with E-state index >= 15 is 0 Å². The molecule has 0 aliphatic carbocycles. The summed E-state index contributed by atoms with van der Waals surface area (Å²) in [6, 6.07) is 0. The Labute approximate surface area is 77.1 Å². The molecule has 0 rings (SSSR count). The molecular weight excluding hydrogens is 77.9 g/mol. The SMILES string of the molecule is [B]F.[Be+2].[H-].[H-].[H-].[K+]. The fourth-order valence-corrected chi connectivity index (χ4v) is 0. The minimum absolute atomic E-state index is 0. The molecule has 0 saturated heterocycles. The molecule has 0 spiro atoms. The molecule has 0 amide bonds. The molecule has 0 fully saturated rings. The maximum Gasteiger partial charge on any atom is 2.00 e. The average molecular weight is 80.9 g/mol. The molecule has 0 nitrogen and oxygen atoms in total. The van der Waals surface area contributed by atoms with E-state index in [4.69, 9.17) is 4.32 Å². The van der Waals surface area contributed by atoms with Crippen LogP contribution in [0.1, 0.15) is 4.28 Å². The Kier molecular flexibility index (Phi) is 91.2. The molecule has 0 aromatic heterocycles. The maximum absolute atomic E-state index is 9.00. The topological polar surface area (TPSA) is 0 Å². The van der Waals surface area contributed by atoms with Crippen molar-refractivity contribution >= 4 is 18.2 Å². The average Bonchev–Trinajstić information content (AvgIpc) is 1.00. The predicted octanol–water partition coefficient (Wildman–Crippen LogP) is -3.00. The second-order valence-electron chi connectivity index (χ2n) is 0. The molecule has 4 heteroatoms. The third-order valence-corrected chi connectivity index (χ3v) is 0. The molecule has 0 aliphatic rings. The molecule has 0 unspecified atom stereocenters. The van der Waals surface area contributed by atoms with Gasteiger partial charge in [0.25, 0.3) is 0 Å². The predicted molar refractivity (Wildman–Crippen MR) is 16.0 cm³/mol. The number of hydrogen-bond acceptors (Lipinski definition) is 0. The van der Waals surface area contributed by atoms with Crippen LogP contribution in [0.4, 0.5) is 4.32 Å². The minimum Gasteiger partial charge on any atom is -1.00 e. The maximum atomic E-state index is 9.00. The molecule has 0 aromatic carbocycles. The summed E-state index contributed by atoms with van der Waals surface area (Å²) >= 11 is 0. The van der Waals surface area contributed by atoms with Crippen LogP contribution < -0.4 is 51.4 Å². The fraction of sp³-hybridized carbons (Fsp3) is 0. The number of halogens is 1. The molecule has 0 atom stereocenters. The summed E-state index contributed by atoms with van der Waals surface area (Å²) in [6.45, 7) is 0. The zero-order valence-corrected chi connectivity index (χ0v) is 5.79. The number of rotatable bonds is 0. The summed E-state index contributed by atoms with van der Waals surface area (Å²) in [4.78, 5) is 0. The molecule has 16 valence electrons. The molecule has 0 aromatic rings. The largest absolute Gasteiger partial charge is 2.00 e. The van der Waals surface area contributed by atoms with Crippen LogP contribution in [0.2, 0.25) is 0 Å². The molecule has 4 heavy (non-hydrogen) atoms. The third-order valence-electron chi connectivity index (χ3n) is 0. The Balaban J connectivity index is -0.000000000500. The van der Waals surface area contributed by atoms with Crippen LogP contribution in [0.15, 0.2) is 0 Å². The summed E-state index contributed by atoms with van der Waals surface area (Å²) in [5.74, 6) is 0. The van der Waals surface area contributed by atoms with E-state index in [-0.39, 0.29) is 65.8 Å². The first-order valence-corrected chi connectivity index (χ1v) is 0.218. The second kappa shape index (κ2) is 21.4. The summed E-state index contributed by atoms with van der Waals surface area (Å²) in [5, 5.41) is 0. The molecule has 0 N–H and O–H groups in total. The Hall–Kier alpha value is 1.80. The van der Waals surface area contributed by atoms with Crippen LogP contribution in [-0.4, -0.2) is 18.2 Å². The van der Waals surface area contributed by atoms with Gasteiger partial charge in [0.1, 0.15) is 0 Å². The quantitative estimate of drug-likeness (QED) is 0.273. The summed E-state index contributed by atoms with van der Waals surface area (Å²) < 4.78 is 9.00. The Morgan fingerprint density at radius 3 is 1.50 bits per heavy atom. The zero-order chi connectivity index (χ0) is 2.00. The van der Waals surface area contributed by atoms with Crippen LogP contribution >= 0.6 is 0 Å². The molecule has 0 bridgehead atoms. The fourth-order valence-electron chi connectivity index (χ4n) is 0. The van der Waals surface area contributed by atoms with E-state index < -0.39 is 0 Å². The van der Waals surface area contributed by atoms with Gasteiger partial charge in [-0.1, -0.05) is 0 Å². The Morgan fingerprint density at radius 1 is 1.50 bits per heavy atom. The van der Waals surface area contributed by atoms with Gasteiger partial charge in [0.2, 0.25) is 0 Å². The zero-order valence-electron chi connectivity index (χ0n) is 5.66. The first-order valence-electron chi connectivity index (χ1n) is 0.218. The van der Waals surface area contributed by atoms with Crippen LogP contribution in [0.25, 0.3) is 0 Å². The van der Waals surface area contributed by atoms with E-state index in [0.717, 1.165) is 0 Å². The van der Waals surface area contributed by atoms with Gasteiger partial charge in [-0.2, -0.15) is 0 Å². The van der Waals surface area contributed by atoms with Crippen molar-refractivity contribution in [1.82, 2.24) is 0 Å². The van der Waals surface area contributed by atoms with Gasteiger partial charge in [0.15, 0.2) is 0 Å². The van der Waals surface area contributed by atoms with E-state index in [1.54, 1.807) is 0 Å². The van der Waals surface area contributed by atoms with Crippen molar-refractivity contribution < 1.29 is 60.0 Å². The van der Waals surface area contributed by atoms with E-state index in [2.05, 4.69) is 8.12 Å². The van der Waals surface area contributed by atoms with Crippen molar-refractivity contribution in [2.24, 2.45) is 0 Å². The van der Waals surface area contributed by atoms with Crippen molar-refractivity contribution in [2.45, 2.75) is 0 Å². The van der Waals surface area contributed by atoms with Crippen molar-refractivity contribution in [1.29, 1.82) is 0 Å². The van der Waals surface area contributed by atoms with E-state index in [1.807, 2.05) is 0 Å². The summed E-state index contributed by atoms with van der Waals surface area (Å²) in [6.07, 6.45) is 0. The van der Waals surface area contributed by atoms with Crippen molar-refractivity contribution in [3.05, 3.63) is 0 Å². The van der Waals surface area contributed by atoms with Gasteiger partial charge in [0, 0.05) is 0 Å². The van der Waals surface area contributed by atoms with Crippen LogP contribution in [0.3, 0.4) is 0 Å². The molecule has 0 heterocycles. The van der Waals surface area contributed by atoms with Crippen LogP contribution in [-0.2, 0) is 0 Å². The minimum atomic E-state index is 0. The monoisotopic (exact) mass is 81.0 g/mol. The second-order valence-corrected chi connectivity index (χ2v) is 0. The van der Waals surface area contributed by atoms with Gasteiger partial charge in [0.05, 0.1) is 0 Å². The first-order chi connectivity index (χ1) is 1.00. The van der Waals surface area contributed by atoms with E-state index in [1.165, 1.54) is 0 Å².